The smallest absolute Gasteiger partial charge is 0.119 e. The van der Waals surface area contributed by atoms with E-state index >= 15 is 0 Å². The van der Waals surface area contributed by atoms with Crippen molar-refractivity contribution >= 4 is 21.6 Å². The first-order valence-corrected chi connectivity index (χ1v) is 7.74. The average molecular weight is 334 g/mol. The van der Waals surface area contributed by atoms with Crippen molar-refractivity contribution in [1.29, 1.82) is 0 Å². The van der Waals surface area contributed by atoms with Gasteiger partial charge in [0.15, 0.2) is 0 Å². The lowest BCUT2D eigenvalue weighted by molar-refractivity contribution is 0.317. The van der Waals surface area contributed by atoms with Gasteiger partial charge in [-0.05, 0) is 59.1 Å². The fourth-order valence-electron chi connectivity index (χ4n) is 1.97. The Morgan fingerprint density at radius 3 is 2.45 bits per heavy atom. The van der Waals surface area contributed by atoms with Crippen LogP contribution in [0.2, 0.25) is 0 Å². The molecule has 1 unspecified atom stereocenters. The molecule has 2 aromatic rings. The second kappa shape index (κ2) is 7.34. The number of nitrogens with one attached hydrogen (secondary N) is 1. The number of rotatable bonds is 6. The van der Waals surface area contributed by atoms with Crippen LogP contribution in [0.4, 0.5) is 5.69 Å². The number of hydrogen-bond acceptors (Lipinski definition) is 2. The lowest BCUT2D eigenvalue weighted by Crippen LogP contribution is -2.07. The van der Waals surface area contributed by atoms with E-state index in [9.17, 15) is 0 Å². The second-order valence-corrected chi connectivity index (χ2v) is 5.62. The zero-order valence-corrected chi connectivity index (χ0v) is 13.5. The molecule has 2 rings (SSSR count). The Bertz CT molecular complexity index is 539. The third-order valence-corrected chi connectivity index (χ3v) is 3.79. The second-order valence-electron chi connectivity index (χ2n) is 4.76. The standard InChI is InChI=1S/C17H20BrNO/c1-3-12-20-15-10-8-14(9-11-15)13(2)19-17-7-5-4-6-16(17)18/h4-11,13,19H,3,12H2,1-2H3. The Kier molecular flexibility index (Phi) is 5.48. The van der Waals surface area contributed by atoms with Gasteiger partial charge in [-0.15, -0.1) is 0 Å². The van der Waals surface area contributed by atoms with Gasteiger partial charge in [0.05, 0.1) is 6.61 Å². The molecule has 2 aromatic carbocycles. The molecule has 1 atom stereocenters. The molecule has 0 heterocycles. The summed E-state index contributed by atoms with van der Waals surface area (Å²) in [6.07, 6.45) is 1.03. The van der Waals surface area contributed by atoms with Gasteiger partial charge in [-0.1, -0.05) is 31.2 Å². The summed E-state index contributed by atoms with van der Waals surface area (Å²) in [6.45, 7) is 5.03. The molecule has 0 spiro atoms. The number of anilines is 1. The van der Waals surface area contributed by atoms with E-state index in [2.05, 4.69) is 53.3 Å². The molecule has 0 bridgehead atoms. The molecular formula is C17H20BrNO. The molecule has 0 aliphatic carbocycles. The predicted octanol–water partition coefficient (Wildman–Crippen LogP) is 5.41. The van der Waals surface area contributed by atoms with Gasteiger partial charge in [0.2, 0.25) is 0 Å². The van der Waals surface area contributed by atoms with E-state index in [4.69, 9.17) is 4.74 Å². The van der Waals surface area contributed by atoms with E-state index in [1.54, 1.807) is 0 Å². The first-order valence-electron chi connectivity index (χ1n) is 6.94. The Balaban J connectivity index is 2.02. The zero-order chi connectivity index (χ0) is 14.4. The van der Waals surface area contributed by atoms with E-state index in [1.807, 2.05) is 30.3 Å². The third kappa shape index (κ3) is 4.01. The fourth-order valence-corrected chi connectivity index (χ4v) is 2.37. The van der Waals surface area contributed by atoms with Crippen molar-refractivity contribution < 1.29 is 4.74 Å². The molecule has 0 amide bonds. The van der Waals surface area contributed by atoms with Crippen LogP contribution in [-0.4, -0.2) is 6.61 Å². The lowest BCUT2D eigenvalue weighted by atomic mass is 10.1. The molecule has 20 heavy (non-hydrogen) atoms. The molecule has 0 aliphatic heterocycles. The molecule has 1 N–H and O–H groups in total. The molecular weight excluding hydrogens is 314 g/mol. The van der Waals surface area contributed by atoms with Gasteiger partial charge >= 0.3 is 0 Å². The summed E-state index contributed by atoms with van der Waals surface area (Å²) >= 11 is 3.55. The molecule has 106 valence electrons. The summed E-state index contributed by atoms with van der Waals surface area (Å²) in [4.78, 5) is 0. The highest BCUT2D eigenvalue weighted by atomic mass is 79.9. The van der Waals surface area contributed by atoms with Crippen molar-refractivity contribution in [3.63, 3.8) is 0 Å². The average Bonchev–Trinajstić information content (AvgIpc) is 2.48. The van der Waals surface area contributed by atoms with Crippen molar-refractivity contribution in [1.82, 2.24) is 0 Å². The highest BCUT2D eigenvalue weighted by molar-refractivity contribution is 9.10. The van der Waals surface area contributed by atoms with Crippen molar-refractivity contribution in [2.45, 2.75) is 26.3 Å². The molecule has 0 fully saturated rings. The van der Waals surface area contributed by atoms with E-state index in [-0.39, 0.29) is 6.04 Å². The maximum atomic E-state index is 5.60. The summed E-state index contributed by atoms with van der Waals surface area (Å²) in [5.74, 6) is 0.934. The number of hydrogen-bond donors (Lipinski definition) is 1. The quantitative estimate of drug-likeness (QED) is 0.762. The van der Waals surface area contributed by atoms with Gasteiger partial charge in [0.25, 0.3) is 0 Å². The Morgan fingerprint density at radius 1 is 1.10 bits per heavy atom. The molecule has 0 radical (unpaired) electrons. The molecule has 0 aromatic heterocycles. The largest absolute Gasteiger partial charge is 0.494 e. The van der Waals surface area contributed by atoms with Crippen molar-refractivity contribution in [3.8, 4) is 5.75 Å². The Morgan fingerprint density at radius 2 is 1.80 bits per heavy atom. The molecule has 0 saturated heterocycles. The molecule has 0 saturated carbocycles. The minimum atomic E-state index is 0.244. The Hall–Kier alpha value is -1.48. The summed E-state index contributed by atoms with van der Waals surface area (Å²) in [5, 5.41) is 3.50. The number of halogens is 1. The highest BCUT2D eigenvalue weighted by Gasteiger charge is 2.07. The van der Waals surface area contributed by atoms with Gasteiger partial charge in [-0.2, -0.15) is 0 Å². The van der Waals surface area contributed by atoms with Gasteiger partial charge in [0.1, 0.15) is 5.75 Å². The van der Waals surface area contributed by atoms with Crippen LogP contribution in [0, 0.1) is 0 Å². The van der Waals surface area contributed by atoms with Crippen molar-refractivity contribution in [3.05, 3.63) is 58.6 Å². The van der Waals surface area contributed by atoms with Gasteiger partial charge in [-0.3, -0.25) is 0 Å². The maximum Gasteiger partial charge on any atom is 0.119 e. The van der Waals surface area contributed by atoms with Gasteiger partial charge in [-0.25, -0.2) is 0 Å². The number of benzene rings is 2. The van der Waals surface area contributed by atoms with Crippen LogP contribution in [0.25, 0.3) is 0 Å². The van der Waals surface area contributed by atoms with Gasteiger partial charge < -0.3 is 10.1 Å². The van der Waals surface area contributed by atoms with Crippen molar-refractivity contribution in [2.24, 2.45) is 0 Å². The van der Waals surface area contributed by atoms with Crippen LogP contribution in [-0.2, 0) is 0 Å². The van der Waals surface area contributed by atoms with Crippen LogP contribution in [0.5, 0.6) is 5.75 Å². The lowest BCUT2D eigenvalue weighted by Gasteiger charge is -2.17. The first kappa shape index (κ1) is 14.9. The van der Waals surface area contributed by atoms with Crippen LogP contribution in [0.3, 0.4) is 0 Å². The molecule has 2 nitrogen and oxygen atoms in total. The van der Waals surface area contributed by atoms with E-state index in [0.717, 1.165) is 28.9 Å². The normalized spacial score (nSPS) is 11.9. The monoisotopic (exact) mass is 333 g/mol. The van der Waals surface area contributed by atoms with Gasteiger partial charge in [0, 0.05) is 16.2 Å². The number of ether oxygens (including phenoxy) is 1. The molecule has 0 aliphatic rings. The highest BCUT2D eigenvalue weighted by Crippen LogP contribution is 2.26. The third-order valence-electron chi connectivity index (χ3n) is 3.10. The van der Waals surface area contributed by atoms with Crippen molar-refractivity contribution in [2.75, 3.05) is 11.9 Å². The van der Waals surface area contributed by atoms with Crippen LogP contribution >= 0.6 is 15.9 Å². The number of para-hydroxylation sites is 1. The minimum absolute atomic E-state index is 0.244. The summed E-state index contributed by atoms with van der Waals surface area (Å²) in [6, 6.07) is 16.7. The summed E-state index contributed by atoms with van der Waals surface area (Å²) < 4.78 is 6.68. The maximum absolute atomic E-state index is 5.60. The predicted molar refractivity (Wildman–Crippen MR) is 88.4 cm³/mol. The van der Waals surface area contributed by atoms with Crippen LogP contribution < -0.4 is 10.1 Å². The summed E-state index contributed by atoms with van der Waals surface area (Å²) in [5.41, 5.74) is 2.34. The van der Waals surface area contributed by atoms with E-state index in [1.165, 1.54) is 5.56 Å². The first-order chi connectivity index (χ1) is 9.70. The SMILES string of the molecule is CCCOc1ccc(C(C)Nc2ccccc2Br)cc1. The van der Waals surface area contributed by atoms with E-state index < -0.39 is 0 Å². The van der Waals surface area contributed by atoms with Crippen LogP contribution in [0.15, 0.2) is 53.0 Å². The minimum Gasteiger partial charge on any atom is -0.494 e. The van der Waals surface area contributed by atoms with E-state index in [0.29, 0.717) is 0 Å². The zero-order valence-electron chi connectivity index (χ0n) is 11.9. The molecule has 3 heteroatoms. The summed E-state index contributed by atoms with van der Waals surface area (Å²) in [7, 11) is 0. The topological polar surface area (TPSA) is 21.3 Å². The van der Waals surface area contributed by atoms with Crippen LogP contribution in [0.1, 0.15) is 31.9 Å². The fraction of sp³-hybridized carbons (Fsp3) is 0.294. The Labute approximate surface area is 129 Å².